The van der Waals surface area contributed by atoms with Crippen LogP contribution in [0, 0.1) is 23.4 Å². The molecule has 2 aliphatic heterocycles. The van der Waals surface area contributed by atoms with Crippen molar-refractivity contribution in [2.75, 3.05) is 32.7 Å². The molecule has 2 unspecified atom stereocenters. The Morgan fingerprint density at radius 1 is 0.941 bits per heavy atom. The molecule has 2 fully saturated rings. The average Bonchev–Trinajstić information content (AvgIpc) is 3.52. The normalized spacial score (nSPS) is 21.8. The molecule has 0 N–H and O–H groups in total. The van der Waals surface area contributed by atoms with Crippen LogP contribution in [0.2, 0.25) is 0 Å². The molecule has 0 aliphatic carbocycles. The van der Waals surface area contributed by atoms with E-state index in [9.17, 15) is 18.0 Å². The van der Waals surface area contributed by atoms with Gasteiger partial charge in [0.25, 0.3) is 5.91 Å². The van der Waals surface area contributed by atoms with Gasteiger partial charge >= 0.3 is 0 Å². The minimum atomic E-state index is -1.10. The van der Waals surface area contributed by atoms with Crippen molar-refractivity contribution >= 4 is 5.91 Å². The first-order valence-electron chi connectivity index (χ1n) is 11.7. The SMILES string of the molecule is O=C(c1cccc(F)c1F)N1CC(CN2CCC(c3ccc(F)cc3)CC2)C(c2ccoc2)C1. The number of likely N-dealkylation sites (tertiary alicyclic amines) is 2. The molecule has 2 saturated heterocycles. The predicted molar refractivity (Wildman–Crippen MR) is 122 cm³/mol. The Balaban J connectivity index is 1.27. The molecule has 178 valence electrons. The molecule has 4 nitrogen and oxygen atoms in total. The van der Waals surface area contributed by atoms with Gasteiger partial charge in [0.2, 0.25) is 0 Å². The summed E-state index contributed by atoms with van der Waals surface area (Å²) in [5.74, 6) is -2.18. The van der Waals surface area contributed by atoms with Gasteiger partial charge in [0.15, 0.2) is 11.6 Å². The number of rotatable bonds is 5. The zero-order valence-corrected chi connectivity index (χ0v) is 18.8. The summed E-state index contributed by atoms with van der Waals surface area (Å²) in [7, 11) is 0. The van der Waals surface area contributed by atoms with Crippen molar-refractivity contribution in [3.8, 4) is 0 Å². The van der Waals surface area contributed by atoms with E-state index in [1.54, 1.807) is 17.4 Å². The summed E-state index contributed by atoms with van der Waals surface area (Å²) >= 11 is 0. The van der Waals surface area contributed by atoms with E-state index in [2.05, 4.69) is 4.90 Å². The third kappa shape index (κ3) is 4.62. The Morgan fingerprint density at radius 3 is 2.41 bits per heavy atom. The minimum Gasteiger partial charge on any atom is -0.472 e. The van der Waals surface area contributed by atoms with Gasteiger partial charge in [0.1, 0.15) is 5.82 Å². The molecule has 2 atom stereocenters. The van der Waals surface area contributed by atoms with Gasteiger partial charge < -0.3 is 14.2 Å². The molecule has 3 heterocycles. The second-order valence-electron chi connectivity index (χ2n) is 9.36. The minimum absolute atomic E-state index is 0.0640. The zero-order valence-electron chi connectivity index (χ0n) is 18.8. The standard InChI is InChI=1S/C27H27F3N2O2/c28-22-6-4-18(5-7-22)19-8-11-31(12-9-19)14-21-15-32(16-24(21)20-10-13-34-17-20)27(33)23-2-1-3-25(29)26(23)30/h1-7,10,13,17,19,21,24H,8-9,11-12,14-16H2. The number of halogens is 3. The largest absolute Gasteiger partial charge is 0.472 e. The molecule has 2 aromatic carbocycles. The van der Waals surface area contributed by atoms with Gasteiger partial charge in [-0.1, -0.05) is 18.2 Å². The summed E-state index contributed by atoms with van der Waals surface area (Å²) in [5, 5.41) is 0. The van der Waals surface area contributed by atoms with Gasteiger partial charge in [-0.25, -0.2) is 13.2 Å². The lowest BCUT2D eigenvalue weighted by Gasteiger charge is -2.34. The van der Waals surface area contributed by atoms with Crippen LogP contribution in [0.15, 0.2) is 65.5 Å². The number of carbonyl (C=O) groups excluding carboxylic acids is 1. The lowest BCUT2D eigenvalue weighted by Crippen LogP contribution is -2.38. The fourth-order valence-corrected chi connectivity index (χ4v) is 5.44. The molecule has 3 aromatic rings. The summed E-state index contributed by atoms with van der Waals surface area (Å²) in [4.78, 5) is 17.1. The highest BCUT2D eigenvalue weighted by Crippen LogP contribution is 2.36. The molecule has 7 heteroatoms. The van der Waals surface area contributed by atoms with Gasteiger partial charge in [-0.15, -0.1) is 0 Å². The Hall–Kier alpha value is -3.06. The van der Waals surface area contributed by atoms with E-state index in [4.69, 9.17) is 4.42 Å². The van der Waals surface area contributed by atoms with Crippen LogP contribution < -0.4 is 0 Å². The molecule has 0 spiro atoms. The monoisotopic (exact) mass is 468 g/mol. The Labute approximate surface area is 197 Å². The molecule has 0 saturated carbocycles. The van der Waals surface area contributed by atoms with Crippen LogP contribution in [0.5, 0.6) is 0 Å². The van der Waals surface area contributed by atoms with Crippen LogP contribution in [0.1, 0.15) is 46.2 Å². The molecule has 34 heavy (non-hydrogen) atoms. The highest BCUT2D eigenvalue weighted by molar-refractivity contribution is 5.94. The summed E-state index contributed by atoms with van der Waals surface area (Å²) < 4.78 is 46.5. The maximum absolute atomic E-state index is 14.3. The van der Waals surface area contributed by atoms with Crippen molar-refractivity contribution in [2.24, 2.45) is 5.92 Å². The molecule has 2 aliphatic rings. The molecular weight excluding hydrogens is 441 g/mol. The van der Waals surface area contributed by atoms with E-state index < -0.39 is 17.5 Å². The van der Waals surface area contributed by atoms with Gasteiger partial charge in [-0.3, -0.25) is 4.79 Å². The topological polar surface area (TPSA) is 36.7 Å². The van der Waals surface area contributed by atoms with E-state index in [1.807, 2.05) is 18.2 Å². The van der Waals surface area contributed by atoms with Crippen molar-refractivity contribution < 1.29 is 22.4 Å². The second kappa shape index (κ2) is 9.66. The number of furan rings is 1. The number of hydrogen-bond donors (Lipinski definition) is 0. The highest BCUT2D eigenvalue weighted by atomic mass is 19.2. The van der Waals surface area contributed by atoms with Gasteiger partial charge in [0, 0.05) is 25.6 Å². The smallest absolute Gasteiger partial charge is 0.256 e. The fraction of sp³-hybridized carbons (Fsp3) is 0.370. The number of piperidine rings is 1. The molecule has 1 amide bonds. The molecule has 5 rings (SSSR count). The lowest BCUT2D eigenvalue weighted by atomic mass is 9.87. The molecule has 1 aromatic heterocycles. The third-order valence-corrected chi connectivity index (χ3v) is 7.30. The van der Waals surface area contributed by atoms with E-state index in [-0.39, 0.29) is 23.2 Å². The Morgan fingerprint density at radius 2 is 1.71 bits per heavy atom. The number of hydrogen-bond acceptors (Lipinski definition) is 3. The lowest BCUT2D eigenvalue weighted by molar-refractivity contribution is 0.0775. The molecule has 0 radical (unpaired) electrons. The summed E-state index contributed by atoms with van der Waals surface area (Å²) in [5.41, 5.74) is 1.96. The van der Waals surface area contributed by atoms with Crippen LogP contribution in [-0.2, 0) is 0 Å². The average molecular weight is 469 g/mol. The van der Waals surface area contributed by atoms with Gasteiger partial charge in [0.05, 0.1) is 18.1 Å². The van der Waals surface area contributed by atoms with Gasteiger partial charge in [-0.2, -0.15) is 0 Å². The maximum atomic E-state index is 14.3. The summed E-state index contributed by atoms with van der Waals surface area (Å²) in [6.45, 7) is 3.56. The van der Waals surface area contributed by atoms with Crippen molar-refractivity contribution in [3.05, 3.63) is 95.2 Å². The highest BCUT2D eigenvalue weighted by Gasteiger charge is 2.39. The van der Waals surface area contributed by atoms with Crippen molar-refractivity contribution in [3.63, 3.8) is 0 Å². The van der Waals surface area contributed by atoms with Crippen LogP contribution in [0.25, 0.3) is 0 Å². The number of benzene rings is 2. The quantitative estimate of drug-likeness (QED) is 0.501. The third-order valence-electron chi connectivity index (χ3n) is 7.30. The van der Waals surface area contributed by atoms with Crippen LogP contribution in [0.3, 0.4) is 0 Å². The van der Waals surface area contributed by atoms with E-state index in [0.717, 1.165) is 44.1 Å². The van der Waals surface area contributed by atoms with Crippen molar-refractivity contribution in [1.82, 2.24) is 9.80 Å². The number of carbonyl (C=O) groups is 1. The van der Waals surface area contributed by atoms with Crippen LogP contribution in [-0.4, -0.2) is 48.4 Å². The molecular formula is C27H27F3N2O2. The number of amides is 1. The maximum Gasteiger partial charge on any atom is 0.256 e. The Kier molecular flexibility index (Phi) is 6.46. The summed E-state index contributed by atoms with van der Waals surface area (Å²) in [6.07, 6.45) is 5.31. The first-order valence-corrected chi connectivity index (χ1v) is 11.7. The van der Waals surface area contributed by atoms with Gasteiger partial charge in [-0.05, 0) is 79.2 Å². The summed E-state index contributed by atoms with van der Waals surface area (Å²) in [6, 6.07) is 12.4. The van der Waals surface area contributed by atoms with Crippen LogP contribution in [0.4, 0.5) is 13.2 Å². The number of nitrogens with zero attached hydrogens (tertiary/aromatic N) is 2. The van der Waals surface area contributed by atoms with Crippen molar-refractivity contribution in [1.29, 1.82) is 0 Å². The van der Waals surface area contributed by atoms with E-state index in [1.165, 1.54) is 29.8 Å². The zero-order chi connectivity index (χ0) is 23.7. The van der Waals surface area contributed by atoms with Crippen molar-refractivity contribution in [2.45, 2.75) is 24.7 Å². The predicted octanol–water partition coefficient (Wildman–Crippen LogP) is 5.43. The first kappa shape index (κ1) is 22.7. The van der Waals surface area contributed by atoms with Crippen LogP contribution >= 0.6 is 0 Å². The van der Waals surface area contributed by atoms with E-state index >= 15 is 0 Å². The first-order chi connectivity index (χ1) is 16.5. The Bertz CT molecular complexity index is 1130. The second-order valence-corrected chi connectivity index (χ2v) is 9.36. The fourth-order valence-electron chi connectivity index (χ4n) is 5.44. The molecule has 0 bridgehead atoms. The van der Waals surface area contributed by atoms with E-state index in [0.29, 0.717) is 19.0 Å².